The lowest BCUT2D eigenvalue weighted by Crippen LogP contribution is -2.22. The maximum atomic E-state index is 11.3. The van der Waals surface area contributed by atoms with Crippen molar-refractivity contribution < 1.29 is 9.53 Å². The van der Waals surface area contributed by atoms with Gasteiger partial charge in [0.05, 0.1) is 13.0 Å². The standard InChI is InChI=1S/C12H21NO2/c14-12(6-8-13-11-4-5-11)15-9-7-10-2-1-3-10/h10-11,13H,1-9H2. The van der Waals surface area contributed by atoms with Gasteiger partial charge in [-0.25, -0.2) is 0 Å². The fourth-order valence-electron chi connectivity index (χ4n) is 1.86. The number of rotatable bonds is 7. The van der Waals surface area contributed by atoms with Crippen LogP contribution in [-0.4, -0.2) is 25.2 Å². The number of carbonyl (C=O) groups excluding carboxylic acids is 1. The zero-order valence-corrected chi connectivity index (χ0v) is 9.34. The monoisotopic (exact) mass is 211 g/mol. The summed E-state index contributed by atoms with van der Waals surface area (Å²) in [4.78, 5) is 11.3. The second-order valence-corrected chi connectivity index (χ2v) is 4.78. The first-order valence-electron chi connectivity index (χ1n) is 6.23. The van der Waals surface area contributed by atoms with E-state index in [2.05, 4.69) is 5.32 Å². The molecule has 2 aliphatic rings. The molecular weight excluding hydrogens is 190 g/mol. The van der Waals surface area contributed by atoms with Crippen molar-refractivity contribution >= 4 is 5.97 Å². The van der Waals surface area contributed by atoms with E-state index < -0.39 is 0 Å². The van der Waals surface area contributed by atoms with E-state index in [0.717, 1.165) is 18.9 Å². The van der Waals surface area contributed by atoms with Gasteiger partial charge in [0, 0.05) is 12.6 Å². The van der Waals surface area contributed by atoms with Gasteiger partial charge in [0.15, 0.2) is 0 Å². The van der Waals surface area contributed by atoms with Crippen molar-refractivity contribution in [3.8, 4) is 0 Å². The van der Waals surface area contributed by atoms with Gasteiger partial charge >= 0.3 is 5.97 Å². The van der Waals surface area contributed by atoms with Crippen LogP contribution in [0.5, 0.6) is 0 Å². The molecule has 0 amide bonds. The summed E-state index contributed by atoms with van der Waals surface area (Å²) < 4.78 is 5.17. The molecule has 86 valence electrons. The third-order valence-electron chi connectivity index (χ3n) is 3.35. The van der Waals surface area contributed by atoms with Gasteiger partial charge in [0.2, 0.25) is 0 Å². The van der Waals surface area contributed by atoms with E-state index in [1.807, 2.05) is 0 Å². The quantitative estimate of drug-likeness (QED) is 0.653. The topological polar surface area (TPSA) is 38.3 Å². The third-order valence-corrected chi connectivity index (χ3v) is 3.35. The van der Waals surface area contributed by atoms with Gasteiger partial charge < -0.3 is 10.1 Å². The lowest BCUT2D eigenvalue weighted by molar-refractivity contribution is -0.144. The highest BCUT2D eigenvalue weighted by Crippen LogP contribution is 2.29. The first kappa shape index (κ1) is 10.9. The Labute approximate surface area is 91.6 Å². The van der Waals surface area contributed by atoms with Crippen LogP contribution >= 0.6 is 0 Å². The lowest BCUT2D eigenvalue weighted by atomic mass is 9.83. The fraction of sp³-hybridized carbons (Fsp3) is 0.917. The SMILES string of the molecule is O=C(CCNC1CC1)OCCC1CCC1. The summed E-state index contributed by atoms with van der Waals surface area (Å²) in [5.74, 6) is 0.796. The predicted octanol–water partition coefficient (Wildman–Crippen LogP) is 1.86. The first-order chi connectivity index (χ1) is 7.34. The Morgan fingerprint density at radius 1 is 1.27 bits per heavy atom. The molecule has 1 N–H and O–H groups in total. The van der Waals surface area contributed by atoms with Crippen molar-refractivity contribution in [2.45, 2.75) is 51.0 Å². The molecule has 0 saturated heterocycles. The summed E-state index contributed by atoms with van der Waals surface area (Å²) in [5, 5.41) is 3.31. The van der Waals surface area contributed by atoms with Crippen LogP contribution in [-0.2, 0) is 9.53 Å². The van der Waals surface area contributed by atoms with Gasteiger partial charge in [-0.3, -0.25) is 4.79 Å². The number of nitrogens with one attached hydrogen (secondary N) is 1. The van der Waals surface area contributed by atoms with Gasteiger partial charge in [0.25, 0.3) is 0 Å². The zero-order chi connectivity index (χ0) is 10.5. The van der Waals surface area contributed by atoms with Crippen LogP contribution in [0.4, 0.5) is 0 Å². The second kappa shape index (κ2) is 5.50. The number of esters is 1. The van der Waals surface area contributed by atoms with E-state index in [1.165, 1.54) is 32.1 Å². The van der Waals surface area contributed by atoms with Crippen molar-refractivity contribution in [3.05, 3.63) is 0 Å². The van der Waals surface area contributed by atoms with E-state index in [0.29, 0.717) is 19.1 Å². The Balaban J connectivity index is 1.41. The van der Waals surface area contributed by atoms with Crippen molar-refractivity contribution in [1.82, 2.24) is 5.32 Å². The lowest BCUT2D eigenvalue weighted by Gasteiger charge is -2.24. The van der Waals surface area contributed by atoms with Crippen LogP contribution in [0.15, 0.2) is 0 Å². The summed E-state index contributed by atoms with van der Waals surface area (Å²) in [6.45, 7) is 1.42. The third kappa shape index (κ3) is 4.20. The molecule has 0 aromatic carbocycles. The van der Waals surface area contributed by atoms with Crippen molar-refractivity contribution in [2.75, 3.05) is 13.2 Å². The number of carbonyl (C=O) groups is 1. The van der Waals surface area contributed by atoms with Crippen LogP contribution in [0.2, 0.25) is 0 Å². The number of ether oxygens (including phenoxy) is 1. The predicted molar refractivity (Wildman–Crippen MR) is 58.6 cm³/mol. The minimum Gasteiger partial charge on any atom is -0.466 e. The van der Waals surface area contributed by atoms with Gasteiger partial charge in [-0.05, 0) is 25.2 Å². The second-order valence-electron chi connectivity index (χ2n) is 4.78. The Morgan fingerprint density at radius 3 is 2.67 bits per heavy atom. The summed E-state index contributed by atoms with van der Waals surface area (Å²) in [6, 6.07) is 0.688. The average molecular weight is 211 g/mol. The average Bonchev–Trinajstić information content (AvgIpc) is 2.93. The van der Waals surface area contributed by atoms with Crippen LogP contribution in [0.25, 0.3) is 0 Å². The van der Waals surface area contributed by atoms with Crippen LogP contribution in [0.3, 0.4) is 0 Å². The maximum Gasteiger partial charge on any atom is 0.307 e. The van der Waals surface area contributed by atoms with Crippen molar-refractivity contribution in [1.29, 1.82) is 0 Å². The molecule has 0 bridgehead atoms. The molecule has 0 aromatic heterocycles. The Kier molecular flexibility index (Phi) is 4.01. The van der Waals surface area contributed by atoms with Crippen molar-refractivity contribution in [3.63, 3.8) is 0 Å². The van der Waals surface area contributed by atoms with Gasteiger partial charge in [-0.2, -0.15) is 0 Å². The van der Waals surface area contributed by atoms with Crippen LogP contribution < -0.4 is 5.32 Å². The van der Waals surface area contributed by atoms with E-state index in [4.69, 9.17) is 4.74 Å². The van der Waals surface area contributed by atoms with Crippen molar-refractivity contribution in [2.24, 2.45) is 5.92 Å². The largest absolute Gasteiger partial charge is 0.466 e. The van der Waals surface area contributed by atoms with E-state index >= 15 is 0 Å². The summed E-state index contributed by atoms with van der Waals surface area (Å²) >= 11 is 0. The molecule has 2 saturated carbocycles. The van der Waals surface area contributed by atoms with Crippen LogP contribution in [0.1, 0.15) is 44.9 Å². The highest BCUT2D eigenvalue weighted by atomic mass is 16.5. The normalized spacial score (nSPS) is 21.1. The molecular formula is C12H21NO2. The summed E-state index contributed by atoms with van der Waals surface area (Å²) in [7, 11) is 0. The maximum absolute atomic E-state index is 11.3. The van der Waals surface area contributed by atoms with Gasteiger partial charge in [0.1, 0.15) is 0 Å². The molecule has 2 aliphatic carbocycles. The van der Waals surface area contributed by atoms with Crippen LogP contribution in [0, 0.1) is 5.92 Å². The highest BCUT2D eigenvalue weighted by Gasteiger charge is 2.20. The zero-order valence-electron chi connectivity index (χ0n) is 9.34. The van der Waals surface area contributed by atoms with E-state index in [-0.39, 0.29) is 5.97 Å². The molecule has 0 unspecified atom stereocenters. The molecule has 3 nitrogen and oxygen atoms in total. The summed E-state index contributed by atoms with van der Waals surface area (Å²) in [6.07, 6.45) is 8.18. The van der Waals surface area contributed by atoms with Gasteiger partial charge in [-0.1, -0.05) is 19.3 Å². The molecule has 0 aromatic rings. The Hall–Kier alpha value is -0.570. The molecule has 0 aliphatic heterocycles. The number of hydrogen-bond donors (Lipinski definition) is 1. The highest BCUT2D eigenvalue weighted by molar-refractivity contribution is 5.69. The minimum absolute atomic E-state index is 0.0394. The molecule has 15 heavy (non-hydrogen) atoms. The molecule has 0 spiro atoms. The summed E-state index contributed by atoms with van der Waals surface area (Å²) in [5.41, 5.74) is 0. The molecule has 0 radical (unpaired) electrons. The first-order valence-corrected chi connectivity index (χ1v) is 6.23. The Bertz CT molecular complexity index is 210. The van der Waals surface area contributed by atoms with E-state index in [9.17, 15) is 4.79 Å². The minimum atomic E-state index is -0.0394. The fourth-order valence-corrected chi connectivity index (χ4v) is 1.86. The smallest absolute Gasteiger partial charge is 0.307 e. The molecule has 0 atom stereocenters. The van der Waals surface area contributed by atoms with Gasteiger partial charge in [-0.15, -0.1) is 0 Å². The number of hydrogen-bond acceptors (Lipinski definition) is 3. The molecule has 0 heterocycles. The Morgan fingerprint density at radius 2 is 2.07 bits per heavy atom. The molecule has 2 fully saturated rings. The molecule has 2 rings (SSSR count). The molecule has 3 heteroatoms. The van der Waals surface area contributed by atoms with E-state index in [1.54, 1.807) is 0 Å².